The van der Waals surface area contributed by atoms with Crippen LogP contribution < -0.4 is 16.0 Å². The zero-order valence-electron chi connectivity index (χ0n) is 34.9. The minimum atomic E-state index is -4.69. The second-order valence-electron chi connectivity index (χ2n) is 17.9. The molecule has 2 saturated heterocycles. The molecule has 3 aliphatic heterocycles. The quantitative estimate of drug-likeness (QED) is 0.0971. The summed E-state index contributed by atoms with van der Waals surface area (Å²) in [6, 6.07) is 11.0. The molecule has 5 N–H and O–H groups in total. The van der Waals surface area contributed by atoms with Gasteiger partial charge in [-0.25, -0.2) is 9.97 Å². The standard InChI is InChI=1S/C45H52F3N7O6S/c1-24(22-49-30-7-4-6-28-38(30)43(60)55(42(28)59)34-14-15-37(56)53-40(34)58)26-16-18-54(19-17-26)23-25-10-12-27(13-11-25)41-52-33-20-29(44(2,3)61)32(21-35(33)62-41)51-39(57)31-8-5-9-36(50-31)45(46,47)48/h4-9,20-21,24-27,34,43,49,60-61H,10-19,22-23H2,1-3H3,(H,51,57)(H,53,56,58)/t24-,25-,27-,34?,43?/m1/s1. The van der Waals surface area contributed by atoms with Crippen LogP contribution in [0.5, 0.6) is 0 Å². The van der Waals surface area contributed by atoms with E-state index >= 15 is 0 Å². The van der Waals surface area contributed by atoms with Gasteiger partial charge in [-0.2, -0.15) is 13.2 Å². The summed E-state index contributed by atoms with van der Waals surface area (Å²) in [5, 5.41) is 31.7. The molecule has 2 aromatic heterocycles. The summed E-state index contributed by atoms with van der Waals surface area (Å²) in [7, 11) is 0. The van der Waals surface area contributed by atoms with E-state index in [9.17, 15) is 42.6 Å². The number of likely N-dealkylation sites (tertiary alicyclic amines) is 1. The average Bonchev–Trinajstić information content (AvgIpc) is 3.77. The van der Waals surface area contributed by atoms with Crippen molar-refractivity contribution in [2.45, 2.75) is 102 Å². The van der Waals surface area contributed by atoms with Gasteiger partial charge in [0.2, 0.25) is 11.8 Å². The molecule has 2 aromatic carbocycles. The predicted molar refractivity (Wildman–Crippen MR) is 227 cm³/mol. The maximum atomic E-state index is 13.3. The van der Waals surface area contributed by atoms with Gasteiger partial charge in [-0.05, 0) is 126 Å². The molecule has 3 fully saturated rings. The van der Waals surface area contributed by atoms with Gasteiger partial charge in [0.15, 0.2) is 6.23 Å². The molecule has 0 spiro atoms. The van der Waals surface area contributed by atoms with E-state index < -0.39 is 47.5 Å². The number of piperidine rings is 2. The van der Waals surface area contributed by atoms with Crippen molar-refractivity contribution in [3.8, 4) is 0 Å². The molecule has 5 heterocycles. The molecule has 17 heteroatoms. The first-order valence-corrected chi connectivity index (χ1v) is 22.2. The van der Waals surface area contributed by atoms with Gasteiger partial charge in [-0.15, -0.1) is 11.3 Å². The molecule has 330 valence electrons. The van der Waals surface area contributed by atoms with Crippen LogP contribution in [0, 0.1) is 17.8 Å². The number of fused-ring (bicyclic) bond motifs is 2. The normalized spacial score (nSPS) is 23.4. The maximum absolute atomic E-state index is 13.3. The van der Waals surface area contributed by atoms with E-state index in [2.05, 4.69) is 32.8 Å². The summed E-state index contributed by atoms with van der Waals surface area (Å²) in [5.41, 5.74) is -0.0249. The van der Waals surface area contributed by atoms with E-state index in [0.29, 0.717) is 57.9 Å². The van der Waals surface area contributed by atoms with Gasteiger partial charge in [0.1, 0.15) is 17.4 Å². The summed E-state index contributed by atoms with van der Waals surface area (Å²) in [5.74, 6) is -0.455. The molecule has 4 aromatic rings. The number of carbonyl (C=O) groups excluding carboxylic acids is 4. The third-order valence-corrected chi connectivity index (χ3v) is 14.3. The van der Waals surface area contributed by atoms with Crippen molar-refractivity contribution in [1.29, 1.82) is 0 Å². The first kappa shape index (κ1) is 43.7. The highest BCUT2D eigenvalue weighted by atomic mass is 32.1. The van der Waals surface area contributed by atoms with Gasteiger partial charge in [-0.3, -0.25) is 29.4 Å². The molecule has 4 amide bonds. The van der Waals surface area contributed by atoms with Crippen molar-refractivity contribution < 1.29 is 42.6 Å². The number of thiazole rings is 1. The first-order valence-electron chi connectivity index (χ1n) is 21.4. The van der Waals surface area contributed by atoms with Crippen LogP contribution in [0.1, 0.15) is 127 Å². The summed E-state index contributed by atoms with van der Waals surface area (Å²) in [6.07, 6.45) is 0.618. The first-order chi connectivity index (χ1) is 29.4. The number of anilines is 2. The van der Waals surface area contributed by atoms with Crippen molar-refractivity contribution >= 4 is 56.6 Å². The van der Waals surface area contributed by atoms with Crippen molar-refractivity contribution in [3.63, 3.8) is 0 Å². The number of aliphatic hydroxyl groups excluding tert-OH is 1. The Balaban J connectivity index is 0.823. The van der Waals surface area contributed by atoms with E-state index in [4.69, 9.17) is 4.98 Å². The van der Waals surface area contributed by atoms with Crippen LogP contribution in [-0.2, 0) is 21.4 Å². The number of rotatable bonds is 11. The molecule has 0 bridgehead atoms. The largest absolute Gasteiger partial charge is 0.433 e. The fraction of sp³-hybridized carbons (Fsp3) is 0.511. The summed E-state index contributed by atoms with van der Waals surface area (Å²) >= 11 is 1.54. The van der Waals surface area contributed by atoms with E-state index in [0.717, 1.165) is 80.0 Å². The zero-order chi connectivity index (χ0) is 44.1. The second kappa shape index (κ2) is 17.3. The lowest BCUT2D eigenvalue weighted by atomic mass is 9.81. The minimum absolute atomic E-state index is 0.110. The lowest BCUT2D eigenvalue weighted by molar-refractivity contribution is -0.141. The highest BCUT2D eigenvalue weighted by Gasteiger charge is 2.45. The number of hydrogen-bond acceptors (Lipinski definition) is 11. The molecule has 1 aliphatic carbocycles. The molecule has 0 radical (unpaired) electrons. The van der Waals surface area contributed by atoms with Crippen LogP contribution >= 0.6 is 11.3 Å². The van der Waals surface area contributed by atoms with Crippen LogP contribution in [0.2, 0.25) is 0 Å². The number of nitrogens with zero attached hydrogens (tertiary/aromatic N) is 4. The Kier molecular flexibility index (Phi) is 12.2. The van der Waals surface area contributed by atoms with Gasteiger partial charge in [-0.1, -0.05) is 19.1 Å². The number of nitrogens with one attached hydrogen (secondary N) is 3. The fourth-order valence-corrected chi connectivity index (χ4v) is 10.8. The molecule has 62 heavy (non-hydrogen) atoms. The topological polar surface area (TPSA) is 177 Å². The third kappa shape index (κ3) is 9.08. The van der Waals surface area contributed by atoms with Crippen LogP contribution in [0.4, 0.5) is 24.5 Å². The molecule has 13 nitrogen and oxygen atoms in total. The molecular formula is C45H52F3N7O6S. The lowest BCUT2D eigenvalue weighted by Crippen LogP contribution is -2.53. The van der Waals surface area contributed by atoms with Gasteiger partial charge >= 0.3 is 6.18 Å². The lowest BCUT2D eigenvalue weighted by Gasteiger charge is -2.38. The van der Waals surface area contributed by atoms with Gasteiger partial charge in [0.25, 0.3) is 11.8 Å². The van der Waals surface area contributed by atoms with Crippen LogP contribution in [-0.4, -0.2) is 85.8 Å². The number of imide groups is 1. The number of alkyl halides is 3. The number of aromatic nitrogens is 2. The van der Waals surface area contributed by atoms with E-state index in [1.165, 1.54) is 11.0 Å². The number of amides is 4. The minimum Gasteiger partial charge on any atom is -0.386 e. The molecular weight excluding hydrogens is 824 g/mol. The van der Waals surface area contributed by atoms with Crippen LogP contribution in [0.15, 0.2) is 48.5 Å². The van der Waals surface area contributed by atoms with Crippen LogP contribution in [0.25, 0.3) is 10.2 Å². The summed E-state index contributed by atoms with van der Waals surface area (Å²) < 4.78 is 40.6. The van der Waals surface area contributed by atoms with Gasteiger partial charge in [0, 0.05) is 53.5 Å². The number of halogens is 3. The predicted octanol–water partition coefficient (Wildman–Crippen LogP) is 7.18. The summed E-state index contributed by atoms with van der Waals surface area (Å²) in [6.45, 7) is 9.16. The zero-order valence-corrected chi connectivity index (χ0v) is 35.7. The Bertz CT molecular complexity index is 2370. The monoisotopic (exact) mass is 875 g/mol. The van der Waals surface area contributed by atoms with Crippen molar-refractivity contribution in [2.24, 2.45) is 17.8 Å². The van der Waals surface area contributed by atoms with Crippen molar-refractivity contribution in [2.75, 3.05) is 36.8 Å². The maximum Gasteiger partial charge on any atom is 0.433 e. The number of aliphatic hydroxyl groups is 2. The van der Waals surface area contributed by atoms with Gasteiger partial charge in [0.05, 0.1) is 20.8 Å². The molecule has 4 aliphatic rings. The average molecular weight is 876 g/mol. The number of carbonyl (C=O) groups is 4. The SMILES string of the molecule is C[C@H](CNc1cccc2c1C(O)N(C1CCC(=O)NC1=O)C2=O)C1CCN(C[C@H]2CC[C@H](c3nc4cc(C(C)(C)O)c(NC(=O)c5cccc(C(F)(F)F)n5)cc4s3)CC2)CC1. The Morgan fingerprint density at radius 3 is 2.39 bits per heavy atom. The Morgan fingerprint density at radius 1 is 0.968 bits per heavy atom. The van der Waals surface area contributed by atoms with Crippen LogP contribution in [0.3, 0.4) is 0 Å². The highest BCUT2D eigenvalue weighted by Crippen LogP contribution is 2.43. The summed E-state index contributed by atoms with van der Waals surface area (Å²) in [4.78, 5) is 62.9. The Morgan fingerprint density at radius 2 is 1.69 bits per heavy atom. The molecule has 3 atom stereocenters. The van der Waals surface area contributed by atoms with Gasteiger partial charge < -0.3 is 25.7 Å². The molecule has 1 saturated carbocycles. The number of hydrogen-bond donors (Lipinski definition) is 5. The second-order valence-corrected chi connectivity index (χ2v) is 18.9. The van der Waals surface area contributed by atoms with E-state index in [1.807, 2.05) is 6.07 Å². The Hall–Kier alpha value is -4.97. The fourth-order valence-electron chi connectivity index (χ4n) is 9.61. The van der Waals surface area contributed by atoms with Crippen molar-refractivity contribution in [3.05, 3.63) is 81.6 Å². The number of pyridine rings is 1. The highest BCUT2D eigenvalue weighted by molar-refractivity contribution is 7.18. The van der Waals surface area contributed by atoms with Crippen molar-refractivity contribution in [1.82, 2.24) is 25.1 Å². The van der Waals surface area contributed by atoms with E-state index in [-0.39, 0.29) is 30.4 Å². The van der Waals surface area contributed by atoms with E-state index in [1.54, 1.807) is 49.4 Å². The Labute approximate surface area is 361 Å². The third-order valence-electron chi connectivity index (χ3n) is 13.1. The molecule has 2 unspecified atom stereocenters. The molecule has 8 rings (SSSR count). The number of benzene rings is 2. The smallest absolute Gasteiger partial charge is 0.386 e.